The first-order chi connectivity index (χ1) is 7.27. The van der Waals surface area contributed by atoms with Crippen LogP contribution < -0.4 is 4.90 Å². The molecule has 78 valence electrons. The largest absolute Gasteiger partial charge is 0.309 e. The Morgan fingerprint density at radius 2 is 2.07 bits per heavy atom. The van der Waals surface area contributed by atoms with Crippen molar-refractivity contribution in [3.8, 4) is 0 Å². The lowest BCUT2D eigenvalue weighted by Crippen LogP contribution is -2.36. The molecule has 2 nitrogen and oxygen atoms in total. The van der Waals surface area contributed by atoms with Crippen LogP contribution in [0.2, 0.25) is 0 Å². The van der Waals surface area contributed by atoms with Gasteiger partial charge in [-0.2, -0.15) is 0 Å². The zero-order valence-corrected chi connectivity index (χ0v) is 8.94. The first-order valence-corrected chi connectivity index (χ1v) is 5.68. The Hall–Kier alpha value is -1.31. The van der Waals surface area contributed by atoms with Crippen molar-refractivity contribution in [2.75, 3.05) is 4.90 Å². The molecule has 1 saturated carbocycles. The van der Waals surface area contributed by atoms with Crippen LogP contribution in [0.5, 0.6) is 0 Å². The van der Waals surface area contributed by atoms with E-state index in [-0.39, 0.29) is 0 Å². The molecule has 0 saturated heterocycles. The second-order valence-electron chi connectivity index (χ2n) is 4.66. The number of carbonyl (C=O) groups is 1. The van der Waals surface area contributed by atoms with E-state index in [0.29, 0.717) is 17.9 Å². The lowest BCUT2D eigenvalue weighted by Gasteiger charge is -2.22. The van der Waals surface area contributed by atoms with Gasteiger partial charge in [0.1, 0.15) is 0 Å². The van der Waals surface area contributed by atoms with E-state index in [1.807, 2.05) is 11.0 Å². The third-order valence-electron chi connectivity index (χ3n) is 3.37. The van der Waals surface area contributed by atoms with Crippen molar-refractivity contribution in [3.63, 3.8) is 0 Å². The molecule has 0 spiro atoms. The number of benzene rings is 1. The maximum atomic E-state index is 12.1. The third kappa shape index (κ3) is 1.36. The summed E-state index contributed by atoms with van der Waals surface area (Å²) in [4.78, 5) is 14.1. The van der Waals surface area contributed by atoms with Gasteiger partial charge in [-0.15, -0.1) is 0 Å². The Morgan fingerprint density at radius 3 is 2.80 bits per heavy atom. The Morgan fingerprint density at radius 1 is 1.33 bits per heavy atom. The van der Waals surface area contributed by atoms with Gasteiger partial charge in [0, 0.05) is 17.6 Å². The molecule has 1 heterocycles. The highest BCUT2D eigenvalue weighted by molar-refractivity contribution is 5.98. The Bertz CT molecular complexity index is 409. The number of hydrogen-bond donors (Lipinski definition) is 0. The fraction of sp³-hybridized carbons (Fsp3) is 0.462. The molecule has 1 aromatic carbocycles. The number of carbonyl (C=O) groups excluding carboxylic acids is 1. The number of fused-ring (bicyclic) bond motifs is 1. The Labute approximate surface area is 89.9 Å². The van der Waals surface area contributed by atoms with Crippen LogP contribution in [0.15, 0.2) is 24.3 Å². The van der Waals surface area contributed by atoms with Crippen LogP contribution in [0.4, 0.5) is 5.69 Å². The van der Waals surface area contributed by atoms with Gasteiger partial charge in [-0.25, -0.2) is 0 Å². The molecule has 3 rings (SSSR count). The molecule has 1 atom stereocenters. The number of nitrogens with zero attached hydrogens (tertiary/aromatic N) is 1. The van der Waals surface area contributed by atoms with Crippen LogP contribution in [-0.4, -0.2) is 11.9 Å². The predicted octanol–water partition coefficient (Wildman–Crippen LogP) is 2.37. The molecule has 0 N–H and O–H groups in total. The van der Waals surface area contributed by atoms with Crippen molar-refractivity contribution >= 4 is 11.6 Å². The molecule has 0 unspecified atom stereocenters. The van der Waals surface area contributed by atoms with Gasteiger partial charge in [0.15, 0.2) is 0 Å². The first-order valence-electron chi connectivity index (χ1n) is 5.68. The SMILES string of the molecule is C[C@@H]1Cc2ccccc2N1C(=O)C1CC1. The van der Waals surface area contributed by atoms with E-state index in [1.54, 1.807) is 0 Å². The summed E-state index contributed by atoms with van der Waals surface area (Å²) in [6.45, 7) is 2.14. The quantitative estimate of drug-likeness (QED) is 0.683. The summed E-state index contributed by atoms with van der Waals surface area (Å²) in [5.74, 6) is 0.658. The van der Waals surface area contributed by atoms with E-state index < -0.39 is 0 Å². The minimum Gasteiger partial charge on any atom is -0.309 e. The highest BCUT2D eigenvalue weighted by atomic mass is 16.2. The maximum Gasteiger partial charge on any atom is 0.230 e. The fourth-order valence-corrected chi connectivity index (χ4v) is 2.43. The average molecular weight is 201 g/mol. The van der Waals surface area contributed by atoms with Crippen molar-refractivity contribution in [1.82, 2.24) is 0 Å². The molecule has 1 aromatic rings. The molecule has 2 heteroatoms. The van der Waals surface area contributed by atoms with Crippen molar-refractivity contribution in [1.29, 1.82) is 0 Å². The molecule has 1 aliphatic heterocycles. The topological polar surface area (TPSA) is 20.3 Å². The summed E-state index contributed by atoms with van der Waals surface area (Å²) in [5, 5.41) is 0. The molecule has 0 aromatic heterocycles. The van der Waals surface area contributed by atoms with Gasteiger partial charge in [-0.1, -0.05) is 18.2 Å². The van der Waals surface area contributed by atoms with E-state index in [9.17, 15) is 4.79 Å². The summed E-state index contributed by atoms with van der Waals surface area (Å²) >= 11 is 0. The minimum atomic E-state index is 0.318. The zero-order valence-electron chi connectivity index (χ0n) is 8.94. The molecule has 1 fully saturated rings. The van der Waals surface area contributed by atoms with E-state index in [0.717, 1.165) is 24.9 Å². The Kier molecular flexibility index (Phi) is 1.84. The second-order valence-corrected chi connectivity index (χ2v) is 4.66. The van der Waals surface area contributed by atoms with Gasteiger partial charge in [-0.05, 0) is 37.8 Å². The summed E-state index contributed by atoms with van der Waals surface area (Å²) < 4.78 is 0. The zero-order chi connectivity index (χ0) is 10.4. The van der Waals surface area contributed by atoms with Crippen LogP contribution in [0.25, 0.3) is 0 Å². The van der Waals surface area contributed by atoms with Gasteiger partial charge in [0.2, 0.25) is 5.91 Å². The second kappa shape index (κ2) is 3.09. The Balaban J connectivity index is 1.97. The highest BCUT2D eigenvalue weighted by Crippen LogP contribution is 2.38. The van der Waals surface area contributed by atoms with Gasteiger partial charge in [0.05, 0.1) is 0 Å². The highest BCUT2D eigenvalue weighted by Gasteiger charge is 2.39. The molecule has 2 aliphatic rings. The number of anilines is 1. The van der Waals surface area contributed by atoms with Crippen LogP contribution >= 0.6 is 0 Å². The predicted molar refractivity (Wildman–Crippen MR) is 59.8 cm³/mol. The molecular weight excluding hydrogens is 186 g/mol. The average Bonchev–Trinajstić information content (AvgIpc) is 3.00. The number of para-hydroxylation sites is 1. The molecule has 0 bridgehead atoms. The number of hydrogen-bond acceptors (Lipinski definition) is 1. The van der Waals surface area contributed by atoms with Crippen LogP contribution in [-0.2, 0) is 11.2 Å². The lowest BCUT2D eigenvalue weighted by atomic mass is 10.1. The smallest absolute Gasteiger partial charge is 0.230 e. The fourth-order valence-electron chi connectivity index (χ4n) is 2.43. The van der Waals surface area contributed by atoms with Gasteiger partial charge in [0.25, 0.3) is 0 Å². The van der Waals surface area contributed by atoms with Crippen LogP contribution in [0.1, 0.15) is 25.3 Å². The van der Waals surface area contributed by atoms with Gasteiger partial charge >= 0.3 is 0 Å². The van der Waals surface area contributed by atoms with Crippen molar-refractivity contribution in [2.24, 2.45) is 5.92 Å². The monoisotopic (exact) mass is 201 g/mol. The first kappa shape index (κ1) is 8.96. The number of amides is 1. The minimum absolute atomic E-state index is 0.318. The third-order valence-corrected chi connectivity index (χ3v) is 3.37. The van der Waals surface area contributed by atoms with Crippen LogP contribution in [0, 0.1) is 5.92 Å². The van der Waals surface area contributed by atoms with E-state index in [4.69, 9.17) is 0 Å². The van der Waals surface area contributed by atoms with E-state index in [1.165, 1.54) is 5.56 Å². The molecule has 1 aliphatic carbocycles. The van der Waals surface area contributed by atoms with Crippen LogP contribution in [0.3, 0.4) is 0 Å². The summed E-state index contributed by atoms with van der Waals surface area (Å²) in [5.41, 5.74) is 2.46. The van der Waals surface area contributed by atoms with Crippen molar-refractivity contribution in [2.45, 2.75) is 32.2 Å². The molecule has 15 heavy (non-hydrogen) atoms. The van der Waals surface area contributed by atoms with Crippen molar-refractivity contribution < 1.29 is 4.79 Å². The van der Waals surface area contributed by atoms with Gasteiger partial charge in [-0.3, -0.25) is 4.79 Å². The van der Waals surface area contributed by atoms with E-state index in [2.05, 4.69) is 25.1 Å². The summed E-state index contributed by atoms with van der Waals surface area (Å²) in [7, 11) is 0. The van der Waals surface area contributed by atoms with Crippen molar-refractivity contribution in [3.05, 3.63) is 29.8 Å². The summed E-state index contributed by atoms with van der Waals surface area (Å²) in [6.07, 6.45) is 3.18. The molecule has 0 radical (unpaired) electrons. The number of rotatable bonds is 1. The lowest BCUT2D eigenvalue weighted by molar-refractivity contribution is -0.120. The van der Waals surface area contributed by atoms with E-state index >= 15 is 0 Å². The maximum absolute atomic E-state index is 12.1. The molecule has 1 amide bonds. The standard InChI is InChI=1S/C13H15NO/c1-9-8-11-4-2-3-5-12(11)14(9)13(15)10-6-7-10/h2-5,9-10H,6-8H2,1H3/t9-/m1/s1. The van der Waals surface area contributed by atoms with Gasteiger partial charge < -0.3 is 4.90 Å². The molecular formula is C13H15NO. The normalized spacial score (nSPS) is 24.1. The summed E-state index contributed by atoms with van der Waals surface area (Å²) in [6, 6.07) is 8.61.